The molecule has 0 aromatic carbocycles. The van der Waals surface area contributed by atoms with Crippen molar-refractivity contribution in [1.29, 1.82) is 0 Å². The molecule has 0 atom stereocenters. The van der Waals surface area contributed by atoms with Gasteiger partial charge in [-0.25, -0.2) is 4.79 Å². The third-order valence-electron chi connectivity index (χ3n) is 1.77. The Morgan fingerprint density at radius 1 is 1.56 bits per heavy atom. The number of thiophene rings is 1. The van der Waals surface area contributed by atoms with Crippen molar-refractivity contribution in [2.45, 2.75) is 6.61 Å². The lowest BCUT2D eigenvalue weighted by molar-refractivity contribution is -0.131. The minimum Gasteiger partial charge on any atom is -0.478 e. The van der Waals surface area contributed by atoms with Crippen molar-refractivity contribution in [3.8, 4) is 0 Å². The zero-order valence-electron chi connectivity index (χ0n) is 9.01. The van der Waals surface area contributed by atoms with Crippen molar-refractivity contribution in [2.75, 3.05) is 20.3 Å². The molecule has 0 bridgehead atoms. The highest BCUT2D eigenvalue weighted by molar-refractivity contribution is 7.10. The van der Waals surface area contributed by atoms with Crippen LogP contribution in [0.25, 0.3) is 6.08 Å². The minimum atomic E-state index is -0.941. The van der Waals surface area contributed by atoms with Gasteiger partial charge in [0.15, 0.2) is 0 Å². The lowest BCUT2D eigenvalue weighted by Gasteiger charge is -2.00. The highest BCUT2D eigenvalue weighted by Crippen LogP contribution is 2.16. The summed E-state index contributed by atoms with van der Waals surface area (Å²) in [7, 11) is 1.63. The average molecular weight is 242 g/mol. The van der Waals surface area contributed by atoms with Gasteiger partial charge in [-0.3, -0.25) is 0 Å². The number of rotatable bonds is 7. The first-order valence-corrected chi connectivity index (χ1v) is 5.65. The molecule has 0 aliphatic carbocycles. The van der Waals surface area contributed by atoms with Gasteiger partial charge in [0.05, 0.1) is 19.8 Å². The quantitative estimate of drug-likeness (QED) is 0.587. The summed E-state index contributed by atoms with van der Waals surface area (Å²) in [6, 6.07) is 1.91. The van der Waals surface area contributed by atoms with E-state index >= 15 is 0 Å². The van der Waals surface area contributed by atoms with E-state index in [1.54, 1.807) is 24.5 Å². The van der Waals surface area contributed by atoms with Crippen molar-refractivity contribution < 1.29 is 19.4 Å². The first-order chi connectivity index (χ1) is 7.72. The fraction of sp³-hybridized carbons (Fsp3) is 0.364. The summed E-state index contributed by atoms with van der Waals surface area (Å²) in [4.78, 5) is 11.4. The molecule has 0 fully saturated rings. The molecule has 0 aliphatic heterocycles. The second kappa shape index (κ2) is 7.16. The largest absolute Gasteiger partial charge is 0.478 e. The Labute approximate surface area is 98.1 Å². The van der Waals surface area contributed by atoms with Gasteiger partial charge in [-0.05, 0) is 23.1 Å². The molecule has 0 saturated carbocycles. The van der Waals surface area contributed by atoms with Gasteiger partial charge in [0, 0.05) is 18.1 Å². The van der Waals surface area contributed by atoms with E-state index in [0.29, 0.717) is 19.8 Å². The second-order valence-corrected chi connectivity index (χ2v) is 4.06. The average Bonchev–Trinajstić information content (AvgIpc) is 2.70. The molecule has 0 amide bonds. The van der Waals surface area contributed by atoms with Crippen LogP contribution < -0.4 is 0 Å². The summed E-state index contributed by atoms with van der Waals surface area (Å²) < 4.78 is 10.2. The number of carboxylic acids is 1. The van der Waals surface area contributed by atoms with Crippen LogP contribution in [0.3, 0.4) is 0 Å². The number of hydrogen-bond acceptors (Lipinski definition) is 4. The Hall–Kier alpha value is -1.17. The van der Waals surface area contributed by atoms with E-state index in [-0.39, 0.29) is 0 Å². The van der Waals surface area contributed by atoms with Gasteiger partial charge in [-0.2, -0.15) is 0 Å². The standard InChI is InChI=1S/C11H14O4S/c1-14-4-5-15-7-10-6-9(8-16-10)2-3-11(12)13/h2-3,6,8H,4-5,7H2,1H3,(H,12,13). The lowest BCUT2D eigenvalue weighted by atomic mass is 10.3. The molecular formula is C11H14O4S. The summed E-state index contributed by atoms with van der Waals surface area (Å²) in [6.07, 6.45) is 2.69. The van der Waals surface area contributed by atoms with Crippen LogP contribution in [0.15, 0.2) is 17.5 Å². The lowest BCUT2D eigenvalue weighted by Crippen LogP contribution is -2.00. The van der Waals surface area contributed by atoms with Crippen LogP contribution in [0.5, 0.6) is 0 Å². The third kappa shape index (κ3) is 5.06. The molecule has 0 unspecified atom stereocenters. The molecule has 0 radical (unpaired) electrons. The van der Waals surface area contributed by atoms with Gasteiger partial charge in [0.25, 0.3) is 0 Å². The highest BCUT2D eigenvalue weighted by atomic mass is 32.1. The topological polar surface area (TPSA) is 55.8 Å². The van der Waals surface area contributed by atoms with Gasteiger partial charge >= 0.3 is 5.97 Å². The van der Waals surface area contributed by atoms with E-state index in [0.717, 1.165) is 16.5 Å². The summed E-state index contributed by atoms with van der Waals surface area (Å²) in [6.45, 7) is 1.68. The van der Waals surface area contributed by atoms with Gasteiger partial charge in [-0.1, -0.05) is 0 Å². The third-order valence-corrected chi connectivity index (χ3v) is 2.70. The predicted octanol–water partition coefficient (Wildman–Crippen LogP) is 2.01. The number of ether oxygens (including phenoxy) is 2. The van der Waals surface area contributed by atoms with Crippen LogP contribution in [0.2, 0.25) is 0 Å². The summed E-state index contributed by atoms with van der Waals surface area (Å²) in [5.41, 5.74) is 0.887. The monoisotopic (exact) mass is 242 g/mol. The van der Waals surface area contributed by atoms with Crippen LogP contribution in [-0.2, 0) is 20.9 Å². The number of carboxylic acid groups (broad SMARTS) is 1. The van der Waals surface area contributed by atoms with Gasteiger partial charge < -0.3 is 14.6 Å². The molecule has 1 N–H and O–H groups in total. The molecule has 1 aromatic rings. The maximum absolute atomic E-state index is 10.3. The predicted molar refractivity (Wildman–Crippen MR) is 62.5 cm³/mol. The highest BCUT2D eigenvalue weighted by Gasteiger charge is 1.98. The van der Waals surface area contributed by atoms with Crippen LogP contribution in [-0.4, -0.2) is 31.4 Å². The first kappa shape index (κ1) is 12.9. The van der Waals surface area contributed by atoms with E-state index in [1.165, 1.54) is 0 Å². The maximum atomic E-state index is 10.3. The molecular weight excluding hydrogens is 228 g/mol. The Kier molecular flexibility index (Phi) is 5.77. The molecule has 16 heavy (non-hydrogen) atoms. The van der Waals surface area contributed by atoms with Crippen molar-refractivity contribution in [1.82, 2.24) is 0 Å². The molecule has 88 valence electrons. The van der Waals surface area contributed by atoms with Crippen LogP contribution >= 0.6 is 11.3 Å². The van der Waals surface area contributed by atoms with E-state index in [2.05, 4.69) is 0 Å². The second-order valence-electron chi connectivity index (χ2n) is 3.06. The van der Waals surface area contributed by atoms with Crippen molar-refractivity contribution in [2.24, 2.45) is 0 Å². The number of hydrogen-bond donors (Lipinski definition) is 1. The zero-order chi connectivity index (χ0) is 11.8. The Bertz CT molecular complexity index is 357. The van der Waals surface area contributed by atoms with E-state index in [1.807, 2.05) is 11.4 Å². The summed E-state index contributed by atoms with van der Waals surface area (Å²) in [5.74, 6) is -0.941. The molecule has 5 heteroatoms. The SMILES string of the molecule is COCCOCc1cc(C=CC(=O)O)cs1. The first-order valence-electron chi connectivity index (χ1n) is 4.77. The molecule has 4 nitrogen and oxygen atoms in total. The molecule has 0 spiro atoms. The van der Waals surface area contributed by atoms with Gasteiger partial charge in [0.1, 0.15) is 0 Å². The van der Waals surface area contributed by atoms with Crippen LogP contribution in [0.1, 0.15) is 10.4 Å². The maximum Gasteiger partial charge on any atom is 0.328 e. The number of aliphatic carboxylic acids is 1. The molecule has 0 aliphatic rings. The smallest absolute Gasteiger partial charge is 0.328 e. The Morgan fingerprint density at radius 2 is 2.38 bits per heavy atom. The van der Waals surface area contributed by atoms with Crippen LogP contribution in [0, 0.1) is 0 Å². The molecule has 1 aromatic heterocycles. The van der Waals surface area contributed by atoms with Crippen LogP contribution in [0.4, 0.5) is 0 Å². The Morgan fingerprint density at radius 3 is 3.06 bits per heavy atom. The summed E-state index contributed by atoms with van der Waals surface area (Å²) in [5, 5.41) is 10.4. The normalized spacial score (nSPS) is 11.1. The molecule has 0 saturated heterocycles. The molecule has 1 rings (SSSR count). The fourth-order valence-electron chi connectivity index (χ4n) is 1.04. The van der Waals surface area contributed by atoms with Crippen molar-refractivity contribution in [3.63, 3.8) is 0 Å². The van der Waals surface area contributed by atoms with E-state index in [4.69, 9.17) is 14.6 Å². The van der Waals surface area contributed by atoms with Gasteiger partial charge in [-0.15, -0.1) is 11.3 Å². The van der Waals surface area contributed by atoms with Crippen molar-refractivity contribution in [3.05, 3.63) is 28.0 Å². The molecule has 1 heterocycles. The zero-order valence-corrected chi connectivity index (χ0v) is 9.83. The summed E-state index contributed by atoms with van der Waals surface area (Å²) >= 11 is 1.55. The fourth-order valence-corrected chi connectivity index (χ4v) is 1.83. The van der Waals surface area contributed by atoms with E-state index < -0.39 is 5.97 Å². The van der Waals surface area contributed by atoms with Gasteiger partial charge in [0.2, 0.25) is 0 Å². The van der Waals surface area contributed by atoms with E-state index in [9.17, 15) is 4.79 Å². The Balaban J connectivity index is 2.36. The number of methoxy groups -OCH3 is 1. The number of carbonyl (C=O) groups is 1. The van der Waals surface area contributed by atoms with Crippen molar-refractivity contribution >= 4 is 23.4 Å². The minimum absolute atomic E-state index is 0.537.